The van der Waals surface area contributed by atoms with Crippen LogP contribution in [0.5, 0.6) is 0 Å². The van der Waals surface area contributed by atoms with Crippen molar-refractivity contribution in [3.05, 3.63) is 24.4 Å². The predicted octanol–water partition coefficient (Wildman–Crippen LogP) is 1.90. The number of hydrogen-bond acceptors (Lipinski definition) is 4. The van der Waals surface area contributed by atoms with E-state index in [1.165, 1.54) is 6.42 Å². The lowest BCUT2D eigenvalue weighted by Gasteiger charge is -2.25. The Morgan fingerprint density at radius 2 is 2.08 bits per heavy atom. The summed E-state index contributed by atoms with van der Waals surface area (Å²) in [7, 11) is 0. The smallest absolute Gasteiger partial charge is 0.315 e. The van der Waals surface area contributed by atoms with Crippen molar-refractivity contribution in [2.45, 2.75) is 50.6 Å². The first-order valence-electron chi connectivity index (χ1n) is 9.10. The van der Waals surface area contributed by atoms with Crippen LogP contribution in [0, 0.1) is 5.92 Å². The summed E-state index contributed by atoms with van der Waals surface area (Å²) in [4.78, 5) is 18.9. The van der Waals surface area contributed by atoms with Crippen LogP contribution in [-0.4, -0.2) is 47.9 Å². The second kappa shape index (κ2) is 8.33. The Labute approximate surface area is 143 Å². The molecule has 3 unspecified atom stereocenters. The summed E-state index contributed by atoms with van der Waals surface area (Å²) < 4.78 is 0. The summed E-state index contributed by atoms with van der Waals surface area (Å²) in [6, 6.07) is 6.02. The highest BCUT2D eigenvalue weighted by molar-refractivity contribution is 5.74. The van der Waals surface area contributed by atoms with E-state index in [0.717, 1.165) is 51.0 Å². The molecule has 2 amide bonds. The van der Waals surface area contributed by atoms with Crippen LogP contribution in [0.25, 0.3) is 0 Å². The number of carbonyl (C=O) groups is 1. The number of pyridine rings is 1. The Kier molecular flexibility index (Phi) is 5.91. The lowest BCUT2D eigenvalue weighted by atomic mass is 9.96. The Morgan fingerprint density at radius 3 is 2.88 bits per heavy atom. The Hall–Kier alpha value is -1.82. The Balaban J connectivity index is 1.48. The van der Waals surface area contributed by atoms with E-state index in [2.05, 4.69) is 20.5 Å². The molecule has 6 heteroatoms. The number of anilines is 1. The molecular weight excluding hydrogens is 304 g/mol. The average Bonchev–Trinajstić information content (AvgIpc) is 2.95. The van der Waals surface area contributed by atoms with Crippen molar-refractivity contribution < 1.29 is 9.90 Å². The van der Waals surface area contributed by atoms with Gasteiger partial charge in [0.25, 0.3) is 0 Å². The highest BCUT2D eigenvalue weighted by Crippen LogP contribution is 2.23. The lowest BCUT2D eigenvalue weighted by molar-refractivity contribution is 0.178. The van der Waals surface area contributed by atoms with Crippen LogP contribution >= 0.6 is 0 Å². The molecular formula is C18H28N4O2. The second-order valence-electron chi connectivity index (χ2n) is 6.92. The number of aliphatic hydroxyl groups is 1. The molecule has 3 rings (SSSR count). The van der Waals surface area contributed by atoms with Gasteiger partial charge in [0.2, 0.25) is 0 Å². The number of nitrogens with zero attached hydrogens (tertiary/aromatic N) is 2. The van der Waals surface area contributed by atoms with Gasteiger partial charge in [0.05, 0.1) is 0 Å². The molecule has 2 fully saturated rings. The molecule has 1 aromatic heterocycles. The third kappa shape index (κ3) is 4.38. The first-order chi connectivity index (χ1) is 11.8. The van der Waals surface area contributed by atoms with Crippen molar-refractivity contribution >= 4 is 11.8 Å². The molecule has 0 aromatic carbocycles. The fourth-order valence-corrected chi connectivity index (χ4v) is 3.82. The van der Waals surface area contributed by atoms with Crippen molar-refractivity contribution in [2.24, 2.45) is 5.92 Å². The van der Waals surface area contributed by atoms with Crippen LogP contribution in [0.15, 0.2) is 24.4 Å². The molecule has 1 aliphatic carbocycles. The molecule has 132 valence electrons. The van der Waals surface area contributed by atoms with Crippen LogP contribution in [-0.2, 0) is 0 Å². The third-order valence-corrected chi connectivity index (χ3v) is 5.21. The van der Waals surface area contributed by atoms with Crippen LogP contribution < -0.4 is 15.5 Å². The predicted molar refractivity (Wildman–Crippen MR) is 94.0 cm³/mol. The molecule has 2 aliphatic rings. The van der Waals surface area contributed by atoms with E-state index in [1.807, 2.05) is 18.2 Å². The number of urea groups is 1. The maximum atomic E-state index is 12.3. The fourth-order valence-electron chi connectivity index (χ4n) is 3.82. The standard InChI is InChI=1S/C18H28N4O2/c23-13-14-6-2-1-3-7-16(14)21-18(24)20-15-9-11-22(12-15)17-8-4-5-10-19-17/h4-5,8,10,14-16,23H,1-3,6-7,9,11-13H2,(H2,20,21,24). The van der Waals surface area contributed by atoms with Gasteiger partial charge < -0.3 is 20.6 Å². The first-order valence-corrected chi connectivity index (χ1v) is 9.10. The maximum absolute atomic E-state index is 12.3. The van der Waals surface area contributed by atoms with E-state index in [9.17, 15) is 9.90 Å². The van der Waals surface area contributed by atoms with E-state index in [4.69, 9.17) is 0 Å². The lowest BCUT2D eigenvalue weighted by Crippen LogP contribution is -2.49. The van der Waals surface area contributed by atoms with Gasteiger partial charge in [-0.15, -0.1) is 0 Å². The molecule has 1 aliphatic heterocycles. The van der Waals surface area contributed by atoms with Crippen LogP contribution in [0.2, 0.25) is 0 Å². The largest absolute Gasteiger partial charge is 0.396 e. The molecule has 1 saturated heterocycles. The highest BCUT2D eigenvalue weighted by atomic mass is 16.3. The SMILES string of the molecule is O=C(NC1CCN(c2ccccn2)C1)NC1CCCCCC1CO. The zero-order chi connectivity index (χ0) is 16.8. The molecule has 24 heavy (non-hydrogen) atoms. The number of rotatable bonds is 4. The molecule has 3 atom stereocenters. The summed E-state index contributed by atoms with van der Waals surface area (Å²) in [5.74, 6) is 1.15. The normalized spacial score (nSPS) is 27.5. The van der Waals surface area contributed by atoms with Crippen LogP contribution in [0.3, 0.4) is 0 Å². The number of hydrogen-bond donors (Lipinski definition) is 3. The number of amides is 2. The van der Waals surface area contributed by atoms with E-state index in [-0.39, 0.29) is 30.6 Å². The molecule has 0 radical (unpaired) electrons. The Morgan fingerprint density at radius 1 is 1.21 bits per heavy atom. The maximum Gasteiger partial charge on any atom is 0.315 e. The molecule has 2 heterocycles. The molecule has 3 N–H and O–H groups in total. The summed E-state index contributed by atoms with van der Waals surface area (Å²) in [5, 5.41) is 15.7. The van der Waals surface area contributed by atoms with Crippen LogP contribution in [0.4, 0.5) is 10.6 Å². The summed E-state index contributed by atoms with van der Waals surface area (Å²) in [5.41, 5.74) is 0. The Bertz CT molecular complexity index is 525. The van der Waals surface area contributed by atoms with Crippen molar-refractivity contribution in [2.75, 3.05) is 24.6 Å². The molecule has 6 nitrogen and oxygen atoms in total. The quantitative estimate of drug-likeness (QED) is 0.736. The van der Waals surface area contributed by atoms with Crippen LogP contribution in [0.1, 0.15) is 38.5 Å². The number of aliphatic hydroxyl groups excluding tert-OH is 1. The van der Waals surface area contributed by atoms with Gasteiger partial charge in [-0.05, 0) is 31.4 Å². The zero-order valence-corrected chi connectivity index (χ0v) is 14.2. The van der Waals surface area contributed by atoms with Gasteiger partial charge >= 0.3 is 6.03 Å². The van der Waals surface area contributed by atoms with Gasteiger partial charge in [0, 0.05) is 43.9 Å². The van der Waals surface area contributed by atoms with E-state index < -0.39 is 0 Å². The van der Waals surface area contributed by atoms with Gasteiger partial charge in [0.15, 0.2) is 0 Å². The molecule has 1 saturated carbocycles. The minimum atomic E-state index is -0.103. The van der Waals surface area contributed by atoms with E-state index in [1.54, 1.807) is 6.20 Å². The topological polar surface area (TPSA) is 77.5 Å². The fraction of sp³-hybridized carbons (Fsp3) is 0.667. The third-order valence-electron chi connectivity index (χ3n) is 5.21. The highest BCUT2D eigenvalue weighted by Gasteiger charge is 2.28. The van der Waals surface area contributed by atoms with Crippen molar-refractivity contribution in [3.8, 4) is 0 Å². The zero-order valence-electron chi connectivity index (χ0n) is 14.2. The van der Waals surface area contributed by atoms with Crippen molar-refractivity contribution in [3.63, 3.8) is 0 Å². The number of aromatic nitrogens is 1. The van der Waals surface area contributed by atoms with Gasteiger partial charge in [0.1, 0.15) is 5.82 Å². The van der Waals surface area contributed by atoms with E-state index in [0.29, 0.717) is 0 Å². The summed E-state index contributed by atoms with van der Waals surface area (Å²) in [6.45, 7) is 1.85. The minimum absolute atomic E-state index is 0.0887. The first kappa shape index (κ1) is 17.0. The number of nitrogens with one attached hydrogen (secondary N) is 2. The summed E-state index contributed by atoms with van der Waals surface area (Å²) >= 11 is 0. The monoisotopic (exact) mass is 332 g/mol. The van der Waals surface area contributed by atoms with Crippen molar-refractivity contribution in [1.29, 1.82) is 0 Å². The second-order valence-corrected chi connectivity index (χ2v) is 6.92. The van der Waals surface area contributed by atoms with Gasteiger partial charge in [-0.2, -0.15) is 0 Å². The van der Waals surface area contributed by atoms with Gasteiger partial charge in [-0.3, -0.25) is 0 Å². The van der Waals surface area contributed by atoms with Gasteiger partial charge in [-0.25, -0.2) is 9.78 Å². The number of carbonyl (C=O) groups excluding carboxylic acids is 1. The summed E-state index contributed by atoms with van der Waals surface area (Å²) in [6.07, 6.45) is 8.15. The molecule has 0 bridgehead atoms. The van der Waals surface area contributed by atoms with Crippen molar-refractivity contribution in [1.82, 2.24) is 15.6 Å². The molecule has 1 aromatic rings. The minimum Gasteiger partial charge on any atom is -0.396 e. The molecule has 0 spiro atoms. The van der Waals surface area contributed by atoms with E-state index >= 15 is 0 Å². The average molecular weight is 332 g/mol. The van der Waals surface area contributed by atoms with Gasteiger partial charge in [-0.1, -0.05) is 25.3 Å².